The highest BCUT2D eigenvalue weighted by Crippen LogP contribution is 2.43. The lowest BCUT2D eigenvalue weighted by Crippen LogP contribution is -2.66. The summed E-state index contributed by atoms with van der Waals surface area (Å²) in [4.78, 5) is 16.8. The summed E-state index contributed by atoms with van der Waals surface area (Å²) in [5.41, 5.74) is 1.80. The maximum absolute atomic E-state index is 12.5. The van der Waals surface area contributed by atoms with Gasteiger partial charge in [-0.1, -0.05) is 42.5 Å². The number of piperidine rings is 1. The van der Waals surface area contributed by atoms with Crippen LogP contribution in [0.15, 0.2) is 48.5 Å². The number of carbonyl (C=O) groups excluding carboxylic acids is 1. The Hall–Kier alpha value is -2.57. The molecule has 2 fully saturated rings. The van der Waals surface area contributed by atoms with E-state index in [1.54, 1.807) is 14.2 Å². The maximum atomic E-state index is 12.5. The fraction of sp³-hybridized carbons (Fsp3) is 0.435. The molecule has 0 bridgehead atoms. The number of hydrogen-bond donors (Lipinski definition) is 0. The van der Waals surface area contributed by atoms with Crippen molar-refractivity contribution in [1.82, 2.24) is 9.80 Å². The fourth-order valence-corrected chi connectivity index (χ4v) is 4.75. The molecule has 2 atom stereocenters. The standard InChI is InChI=1S/C23H28N2O4/c1-24-21(26)16-29-20-15-25(13-12-23(20,24)18-9-5-4-6-10-18)14-17-8-7-11-19(27-2)22(17)28-3/h4-11,20H,12-16H2,1-3H3/t20-,23+/m1/s1. The van der Waals surface area contributed by atoms with Crippen molar-refractivity contribution in [2.45, 2.75) is 24.6 Å². The largest absolute Gasteiger partial charge is 0.493 e. The second-order valence-corrected chi connectivity index (χ2v) is 7.68. The number of likely N-dealkylation sites (N-methyl/N-ethyl adjacent to an activating group) is 1. The van der Waals surface area contributed by atoms with E-state index in [4.69, 9.17) is 14.2 Å². The second kappa shape index (κ2) is 8.05. The lowest BCUT2D eigenvalue weighted by molar-refractivity contribution is -0.183. The van der Waals surface area contributed by atoms with E-state index in [0.29, 0.717) is 0 Å². The molecular formula is C23H28N2O4. The third-order valence-corrected chi connectivity index (χ3v) is 6.30. The van der Waals surface area contributed by atoms with Crippen molar-refractivity contribution in [2.75, 3.05) is 41.0 Å². The Bertz CT molecular complexity index is 872. The molecule has 2 saturated heterocycles. The number of para-hydroxylation sites is 1. The highest BCUT2D eigenvalue weighted by Gasteiger charge is 2.52. The van der Waals surface area contributed by atoms with Gasteiger partial charge in [0, 0.05) is 32.2 Å². The quantitative estimate of drug-likeness (QED) is 0.778. The number of carbonyl (C=O) groups is 1. The summed E-state index contributed by atoms with van der Waals surface area (Å²) >= 11 is 0. The molecule has 0 aliphatic carbocycles. The van der Waals surface area contributed by atoms with Crippen LogP contribution in [0.2, 0.25) is 0 Å². The highest BCUT2D eigenvalue weighted by molar-refractivity contribution is 5.79. The average Bonchev–Trinajstić information content (AvgIpc) is 2.77. The van der Waals surface area contributed by atoms with Crippen molar-refractivity contribution in [3.63, 3.8) is 0 Å². The summed E-state index contributed by atoms with van der Waals surface area (Å²) < 4.78 is 17.1. The minimum atomic E-state index is -0.425. The van der Waals surface area contributed by atoms with Crippen LogP contribution in [-0.4, -0.2) is 62.8 Å². The van der Waals surface area contributed by atoms with Crippen molar-refractivity contribution >= 4 is 5.91 Å². The van der Waals surface area contributed by atoms with Gasteiger partial charge in [0.25, 0.3) is 0 Å². The molecule has 0 unspecified atom stereocenters. The lowest BCUT2D eigenvalue weighted by Gasteiger charge is -2.55. The zero-order valence-electron chi connectivity index (χ0n) is 17.3. The van der Waals surface area contributed by atoms with Crippen LogP contribution in [0.4, 0.5) is 0 Å². The number of morpholine rings is 1. The van der Waals surface area contributed by atoms with Crippen LogP contribution in [0.3, 0.4) is 0 Å². The van der Waals surface area contributed by atoms with Gasteiger partial charge in [-0.05, 0) is 18.1 Å². The number of benzene rings is 2. The van der Waals surface area contributed by atoms with E-state index in [2.05, 4.69) is 23.1 Å². The Morgan fingerprint density at radius 1 is 1.10 bits per heavy atom. The molecule has 1 amide bonds. The summed E-state index contributed by atoms with van der Waals surface area (Å²) in [7, 11) is 5.23. The first-order chi connectivity index (χ1) is 14.1. The summed E-state index contributed by atoms with van der Waals surface area (Å²) in [5.74, 6) is 1.54. The molecule has 2 aromatic rings. The first-order valence-corrected chi connectivity index (χ1v) is 9.96. The summed E-state index contributed by atoms with van der Waals surface area (Å²) in [6, 6.07) is 16.2. The molecule has 0 radical (unpaired) electrons. The van der Waals surface area contributed by atoms with E-state index in [-0.39, 0.29) is 18.6 Å². The number of nitrogens with zero attached hydrogens (tertiary/aromatic N) is 2. The van der Waals surface area contributed by atoms with E-state index in [1.165, 1.54) is 0 Å². The van der Waals surface area contributed by atoms with Crippen LogP contribution in [-0.2, 0) is 21.6 Å². The fourth-order valence-electron chi connectivity index (χ4n) is 4.75. The molecule has 6 nitrogen and oxygen atoms in total. The van der Waals surface area contributed by atoms with Gasteiger partial charge < -0.3 is 19.1 Å². The molecule has 154 valence electrons. The second-order valence-electron chi connectivity index (χ2n) is 7.68. The van der Waals surface area contributed by atoms with Gasteiger partial charge >= 0.3 is 0 Å². The van der Waals surface area contributed by atoms with Crippen LogP contribution in [0.25, 0.3) is 0 Å². The van der Waals surface area contributed by atoms with Gasteiger partial charge in [0.05, 0.1) is 25.9 Å². The molecule has 4 rings (SSSR count). The molecule has 0 spiro atoms. The van der Waals surface area contributed by atoms with Crippen molar-refractivity contribution in [3.8, 4) is 11.5 Å². The monoisotopic (exact) mass is 396 g/mol. The zero-order valence-corrected chi connectivity index (χ0v) is 17.3. The highest BCUT2D eigenvalue weighted by atomic mass is 16.5. The number of hydrogen-bond acceptors (Lipinski definition) is 5. The molecular weight excluding hydrogens is 368 g/mol. The molecule has 6 heteroatoms. The smallest absolute Gasteiger partial charge is 0.249 e. The van der Waals surface area contributed by atoms with E-state index < -0.39 is 5.54 Å². The number of fused-ring (bicyclic) bond motifs is 1. The topological polar surface area (TPSA) is 51.2 Å². The molecule has 0 aromatic heterocycles. The first kappa shape index (κ1) is 19.7. The number of rotatable bonds is 5. The predicted molar refractivity (Wildman–Crippen MR) is 110 cm³/mol. The van der Waals surface area contributed by atoms with Crippen LogP contribution in [0, 0.1) is 0 Å². The van der Waals surface area contributed by atoms with Crippen LogP contribution < -0.4 is 9.47 Å². The van der Waals surface area contributed by atoms with Crippen LogP contribution in [0.5, 0.6) is 11.5 Å². The Morgan fingerprint density at radius 2 is 1.90 bits per heavy atom. The summed E-state index contributed by atoms with van der Waals surface area (Å²) in [6.07, 6.45) is 0.730. The van der Waals surface area contributed by atoms with Crippen molar-refractivity contribution in [3.05, 3.63) is 59.7 Å². The molecule has 2 aliphatic rings. The molecule has 2 aromatic carbocycles. The van der Waals surface area contributed by atoms with E-state index >= 15 is 0 Å². The van der Waals surface area contributed by atoms with Gasteiger partial charge in [0.1, 0.15) is 6.61 Å². The van der Waals surface area contributed by atoms with E-state index in [1.807, 2.05) is 42.3 Å². The van der Waals surface area contributed by atoms with Gasteiger partial charge in [-0.25, -0.2) is 0 Å². The van der Waals surface area contributed by atoms with E-state index in [9.17, 15) is 4.79 Å². The van der Waals surface area contributed by atoms with Gasteiger partial charge in [-0.2, -0.15) is 0 Å². The predicted octanol–water partition coefficient (Wildman–Crippen LogP) is 2.66. The average molecular weight is 396 g/mol. The Kier molecular flexibility index (Phi) is 5.48. The first-order valence-electron chi connectivity index (χ1n) is 9.96. The van der Waals surface area contributed by atoms with Crippen molar-refractivity contribution < 1.29 is 19.0 Å². The van der Waals surface area contributed by atoms with Crippen molar-refractivity contribution in [2.24, 2.45) is 0 Å². The summed E-state index contributed by atoms with van der Waals surface area (Å²) in [6.45, 7) is 2.47. The number of ether oxygens (including phenoxy) is 3. The number of likely N-dealkylation sites (tertiary alicyclic amines) is 1. The SMILES string of the molecule is COc1cccc(CN2CC[C@]3(c4ccccc4)[C@@H](C2)OCC(=O)N3C)c1OC. The van der Waals surface area contributed by atoms with Gasteiger partial charge in [-0.15, -0.1) is 0 Å². The van der Waals surface area contributed by atoms with Gasteiger partial charge in [0.2, 0.25) is 5.91 Å². The maximum Gasteiger partial charge on any atom is 0.249 e. The minimum Gasteiger partial charge on any atom is -0.493 e. The Balaban J connectivity index is 1.61. The number of methoxy groups -OCH3 is 2. The van der Waals surface area contributed by atoms with E-state index in [0.717, 1.165) is 48.7 Å². The third-order valence-electron chi connectivity index (χ3n) is 6.30. The molecule has 29 heavy (non-hydrogen) atoms. The third kappa shape index (κ3) is 3.36. The zero-order chi connectivity index (χ0) is 20.4. The molecule has 2 aliphatic heterocycles. The Labute approximate surface area is 172 Å². The Morgan fingerprint density at radius 3 is 2.62 bits per heavy atom. The molecule has 0 N–H and O–H groups in total. The van der Waals surface area contributed by atoms with Crippen LogP contribution >= 0.6 is 0 Å². The lowest BCUT2D eigenvalue weighted by atomic mass is 9.76. The normalized spacial score (nSPS) is 24.9. The van der Waals surface area contributed by atoms with Crippen molar-refractivity contribution in [1.29, 1.82) is 0 Å². The summed E-state index contributed by atoms with van der Waals surface area (Å²) in [5, 5.41) is 0. The van der Waals surface area contributed by atoms with Crippen LogP contribution in [0.1, 0.15) is 17.5 Å². The molecule has 0 saturated carbocycles. The molecule has 2 heterocycles. The minimum absolute atomic E-state index is 0.0352. The van der Waals surface area contributed by atoms with Gasteiger partial charge in [0.15, 0.2) is 11.5 Å². The van der Waals surface area contributed by atoms with Gasteiger partial charge in [-0.3, -0.25) is 9.69 Å². The number of amides is 1.